The SMILES string of the molecule is O=C(NCC1CC(O)C1)C1CCN1. The van der Waals surface area contributed by atoms with E-state index in [4.69, 9.17) is 5.11 Å². The van der Waals surface area contributed by atoms with Crippen LogP contribution in [-0.2, 0) is 4.79 Å². The molecule has 4 nitrogen and oxygen atoms in total. The van der Waals surface area contributed by atoms with E-state index in [2.05, 4.69) is 10.6 Å². The zero-order chi connectivity index (χ0) is 9.26. The van der Waals surface area contributed by atoms with Gasteiger partial charge in [-0.3, -0.25) is 4.79 Å². The second kappa shape index (κ2) is 3.64. The maximum absolute atomic E-state index is 11.3. The number of carbonyl (C=O) groups is 1. The van der Waals surface area contributed by atoms with Gasteiger partial charge < -0.3 is 15.7 Å². The summed E-state index contributed by atoms with van der Waals surface area (Å²) in [5.41, 5.74) is 0. The van der Waals surface area contributed by atoms with Crippen LogP contribution in [0.4, 0.5) is 0 Å². The number of hydrogen-bond donors (Lipinski definition) is 3. The molecule has 1 amide bonds. The van der Waals surface area contributed by atoms with E-state index in [1.165, 1.54) is 0 Å². The summed E-state index contributed by atoms with van der Waals surface area (Å²) in [6, 6.07) is 0.0463. The molecule has 2 rings (SSSR count). The minimum absolute atomic E-state index is 0.0463. The Morgan fingerprint density at radius 2 is 2.23 bits per heavy atom. The van der Waals surface area contributed by atoms with Gasteiger partial charge in [-0.15, -0.1) is 0 Å². The smallest absolute Gasteiger partial charge is 0.237 e. The van der Waals surface area contributed by atoms with Crippen LogP contribution in [0.25, 0.3) is 0 Å². The molecule has 0 bridgehead atoms. The first-order valence-corrected chi connectivity index (χ1v) is 4.95. The summed E-state index contributed by atoms with van der Waals surface area (Å²) in [6.45, 7) is 1.69. The topological polar surface area (TPSA) is 61.4 Å². The molecular weight excluding hydrogens is 168 g/mol. The molecule has 1 aliphatic carbocycles. The van der Waals surface area contributed by atoms with Gasteiger partial charge in [0.15, 0.2) is 0 Å². The Labute approximate surface area is 77.7 Å². The molecule has 1 atom stereocenters. The number of aliphatic hydroxyl groups excluding tert-OH is 1. The Kier molecular flexibility index (Phi) is 2.51. The van der Waals surface area contributed by atoms with Gasteiger partial charge in [0.2, 0.25) is 5.91 Å². The molecule has 2 fully saturated rings. The van der Waals surface area contributed by atoms with Gasteiger partial charge in [-0.25, -0.2) is 0 Å². The first kappa shape index (κ1) is 8.97. The molecule has 1 aliphatic heterocycles. The lowest BCUT2D eigenvalue weighted by Gasteiger charge is -2.33. The number of aliphatic hydroxyl groups is 1. The standard InChI is InChI=1S/C9H16N2O2/c12-7-3-6(4-7)5-11-9(13)8-1-2-10-8/h6-8,10,12H,1-5H2,(H,11,13). The van der Waals surface area contributed by atoms with Gasteiger partial charge >= 0.3 is 0 Å². The van der Waals surface area contributed by atoms with Crippen molar-refractivity contribution in [2.45, 2.75) is 31.4 Å². The van der Waals surface area contributed by atoms with Crippen molar-refractivity contribution in [2.24, 2.45) is 5.92 Å². The van der Waals surface area contributed by atoms with Crippen molar-refractivity contribution < 1.29 is 9.90 Å². The predicted molar refractivity (Wildman–Crippen MR) is 48.1 cm³/mol. The second-order valence-corrected chi connectivity index (χ2v) is 4.03. The highest BCUT2D eigenvalue weighted by Gasteiger charge is 2.29. The molecule has 0 spiro atoms. The molecule has 1 unspecified atom stereocenters. The molecule has 13 heavy (non-hydrogen) atoms. The van der Waals surface area contributed by atoms with Crippen LogP contribution >= 0.6 is 0 Å². The first-order chi connectivity index (χ1) is 6.25. The molecule has 1 saturated carbocycles. The summed E-state index contributed by atoms with van der Waals surface area (Å²) in [5, 5.41) is 15.0. The lowest BCUT2D eigenvalue weighted by Crippen LogP contribution is -2.54. The Morgan fingerprint density at radius 3 is 2.69 bits per heavy atom. The van der Waals surface area contributed by atoms with Crippen LogP contribution in [0.5, 0.6) is 0 Å². The van der Waals surface area contributed by atoms with Crippen LogP contribution in [0.15, 0.2) is 0 Å². The average Bonchev–Trinajstić information content (AvgIpc) is 1.92. The van der Waals surface area contributed by atoms with E-state index in [1.54, 1.807) is 0 Å². The molecular formula is C9H16N2O2. The average molecular weight is 184 g/mol. The highest BCUT2D eigenvalue weighted by Crippen LogP contribution is 2.26. The minimum Gasteiger partial charge on any atom is -0.393 e. The molecule has 4 heteroatoms. The van der Waals surface area contributed by atoms with Crippen LogP contribution in [-0.4, -0.2) is 36.2 Å². The van der Waals surface area contributed by atoms with Crippen LogP contribution in [0.3, 0.4) is 0 Å². The monoisotopic (exact) mass is 184 g/mol. The fraction of sp³-hybridized carbons (Fsp3) is 0.889. The molecule has 3 N–H and O–H groups in total. The molecule has 1 heterocycles. The van der Waals surface area contributed by atoms with E-state index in [1.807, 2.05) is 0 Å². The largest absolute Gasteiger partial charge is 0.393 e. The maximum atomic E-state index is 11.3. The van der Waals surface area contributed by atoms with Gasteiger partial charge in [0.25, 0.3) is 0 Å². The van der Waals surface area contributed by atoms with Gasteiger partial charge in [-0.1, -0.05) is 0 Å². The quantitative estimate of drug-likeness (QED) is 0.540. The number of hydrogen-bond acceptors (Lipinski definition) is 3. The lowest BCUT2D eigenvalue weighted by atomic mass is 9.82. The summed E-state index contributed by atoms with van der Waals surface area (Å²) in [5.74, 6) is 0.617. The van der Waals surface area contributed by atoms with Gasteiger partial charge in [0.1, 0.15) is 0 Å². The molecule has 1 saturated heterocycles. The van der Waals surface area contributed by atoms with Crippen molar-refractivity contribution in [1.29, 1.82) is 0 Å². The van der Waals surface area contributed by atoms with Crippen molar-refractivity contribution in [2.75, 3.05) is 13.1 Å². The Hall–Kier alpha value is -0.610. The predicted octanol–water partition coefficient (Wildman–Crippen LogP) is -0.765. The minimum atomic E-state index is -0.122. The normalized spacial score (nSPS) is 37.5. The van der Waals surface area contributed by atoms with E-state index in [9.17, 15) is 4.79 Å². The van der Waals surface area contributed by atoms with Gasteiger partial charge in [0, 0.05) is 6.54 Å². The molecule has 74 valence electrons. The van der Waals surface area contributed by atoms with E-state index < -0.39 is 0 Å². The Bertz CT molecular complexity index is 198. The lowest BCUT2D eigenvalue weighted by molar-refractivity contribution is -0.125. The number of carbonyl (C=O) groups excluding carboxylic acids is 1. The molecule has 0 aromatic carbocycles. The highest BCUT2D eigenvalue weighted by atomic mass is 16.3. The number of rotatable bonds is 3. The van der Waals surface area contributed by atoms with Crippen LogP contribution < -0.4 is 10.6 Å². The molecule has 2 aliphatic rings. The summed E-state index contributed by atoms with van der Waals surface area (Å²) in [6.07, 6.45) is 2.53. The third kappa shape index (κ3) is 2.00. The van der Waals surface area contributed by atoms with Crippen molar-refractivity contribution in [3.05, 3.63) is 0 Å². The zero-order valence-corrected chi connectivity index (χ0v) is 7.62. The van der Waals surface area contributed by atoms with Crippen molar-refractivity contribution in [3.63, 3.8) is 0 Å². The van der Waals surface area contributed by atoms with Gasteiger partial charge in [-0.05, 0) is 31.7 Å². The van der Waals surface area contributed by atoms with Crippen LogP contribution in [0.2, 0.25) is 0 Å². The van der Waals surface area contributed by atoms with Crippen molar-refractivity contribution in [3.8, 4) is 0 Å². The molecule has 0 radical (unpaired) electrons. The Balaban J connectivity index is 1.59. The third-order valence-corrected chi connectivity index (χ3v) is 2.92. The summed E-state index contributed by atoms with van der Waals surface area (Å²) >= 11 is 0. The second-order valence-electron chi connectivity index (χ2n) is 4.03. The van der Waals surface area contributed by atoms with E-state index >= 15 is 0 Å². The summed E-state index contributed by atoms with van der Waals surface area (Å²) < 4.78 is 0. The van der Waals surface area contributed by atoms with Crippen LogP contribution in [0.1, 0.15) is 19.3 Å². The third-order valence-electron chi connectivity index (χ3n) is 2.92. The summed E-state index contributed by atoms with van der Waals surface area (Å²) in [7, 11) is 0. The number of nitrogens with one attached hydrogen (secondary N) is 2. The maximum Gasteiger partial charge on any atom is 0.237 e. The van der Waals surface area contributed by atoms with Gasteiger partial charge in [0.05, 0.1) is 12.1 Å². The Morgan fingerprint density at radius 1 is 1.54 bits per heavy atom. The summed E-state index contributed by atoms with van der Waals surface area (Å²) in [4.78, 5) is 11.3. The fourth-order valence-corrected chi connectivity index (χ4v) is 1.75. The van der Waals surface area contributed by atoms with Gasteiger partial charge in [-0.2, -0.15) is 0 Å². The first-order valence-electron chi connectivity index (χ1n) is 4.95. The van der Waals surface area contributed by atoms with Crippen LogP contribution in [0, 0.1) is 5.92 Å². The zero-order valence-electron chi connectivity index (χ0n) is 7.62. The van der Waals surface area contributed by atoms with Crippen molar-refractivity contribution >= 4 is 5.91 Å². The molecule has 0 aromatic heterocycles. The van der Waals surface area contributed by atoms with E-state index in [-0.39, 0.29) is 18.1 Å². The molecule has 0 aromatic rings. The highest BCUT2D eigenvalue weighted by molar-refractivity contribution is 5.82. The van der Waals surface area contributed by atoms with E-state index in [0.29, 0.717) is 5.92 Å². The fourth-order valence-electron chi connectivity index (χ4n) is 1.75. The van der Waals surface area contributed by atoms with E-state index in [0.717, 1.165) is 32.4 Å². The number of amides is 1. The van der Waals surface area contributed by atoms with Crippen molar-refractivity contribution in [1.82, 2.24) is 10.6 Å².